The average Bonchev–Trinajstić information content (AvgIpc) is 3.65. The number of carbonyl (C=O) groups is 2. The molecular formula is C39H60O8. The number of aliphatic hydroxyl groups excluding tert-OH is 3. The molecule has 1 aliphatic heterocycles. The quantitative estimate of drug-likeness (QED) is 0.286. The maximum atomic E-state index is 14.5. The first-order valence-corrected chi connectivity index (χ1v) is 18.7. The van der Waals surface area contributed by atoms with Gasteiger partial charge in [0.15, 0.2) is 5.78 Å². The van der Waals surface area contributed by atoms with Crippen LogP contribution in [-0.2, 0) is 19.1 Å². The van der Waals surface area contributed by atoms with Gasteiger partial charge in [-0.15, -0.1) is 0 Å². The van der Waals surface area contributed by atoms with Crippen molar-refractivity contribution in [1.82, 2.24) is 0 Å². The van der Waals surface area contributed by atoms with Crippen molar-refractivity contribution in [2.75, 3.05) is 6.61 Å². The lowest BCUT2D eigenvalue weighted by molar-refractivity contribution is -0.222. The molecule has 0 aromatic heterocycles. The number of hydrogen-bond donors (Lipinski definition) is 4. The van der Waals surface area contributed by atoms with E-state index in [4.69, 9.17) is 9.47 Å². The number of carboxylic acid groups (broad SMARTS) is 1. The fourth-order valence-electron chi connectivity index (χ4n) is 13.2. The van der Waals surface area contributed by atoms with Crippen LogP contribution in [0.15, 0.2) is 11.6 Å². The van der Waals surface area contributed by atoms with Gasteiger partial charge in [0.05, 0.1) is 23.7 Å². The third kappa shape index (κ3) is 4.69. The van der Waals surface area contributed by atoms with Crippen LogP contribution >= 0.6 is 0 Å². The van der Waals surface area contributed by atoms with Gasteiger partial charge in [-0.3, -0.25) is 9.59 Å². The van der Waals surface area contributed by atoms with E-state index >= 15 is 0 Å². The zero-order valence-electron chi connectivity index (χ0n) is 29.8. The van der Waals surface area contributed by atoms with Crippen LogP contribution in [0.5, 0.6) is 0 Å². The highest BCUT2D eigenvalue weighted by Crippen LogP contribution is 2.86. The van der Waals surface area contributed by atoms with Crippen molar-refractivity contribution < 1.29 is 39.5 Å². The van der Waals surface area contributed by atoms with E-state index in [0.717, 1.165) is 57.8 Å². The first-order valence-electron chi connectivity index (χ1n) is 18.7. The molecule has 0 radical (unpaired) electrons. The van der Waals surface area contributed by atoms with Gasteiger partial charge < -0.3 is 29.9 Å². The van der Waals surface area contributed by atoms with Gasteiger partial charge in [-0.1, -0.05) is 40.2 Å². The minimum Gasteiger partial charge on any atom is -0.481 e. The molecule has 5 saturated carbocycles. The Hall–Kier alpha value is -1.32. The molecule has 8 nitrogen and oxygen atoms in total. The number of rotatable bonds is 6. The lowest BCUT2D eigenvalue weighted by atomic mass is 9.40. The van der Waals surface area contributed by atoms with Crippen LogP contribution in [0.2, 0.25) is 0 Å². The number of ketones is 1. The maximum Gasteiger partial charge on any atom is 0.309 e. The van der Waals surface area contributed by atoms with Crippen LogP contribution in [-0.4, -0.2) is 75.4 Å². The number of fused-ring (bicyclic) bond motifs is 4. The van der Waals surface area contributed by atoms with Crippen LogP contribution in [0.25, 0.3) is 0 Å². The largest absolute Gasteiger partial charge is 0.481 e. The highest BCUT2D eigenvalue weighted by Gasteiger charge is 2.81. The molecule has 0 aromatic rings. The van der Waals surface area contributed by atoms with Crippen molar-refractivity contribution >= 4 is 11.8 Å². The molecule has 1 heterocycles. The molecule has 4 unspecified atom stereocenters. The van der Waals surface area contributed by atoms with Gasteiger partial charge in [0, 0.05) is 12.5 Å². The van der Waals surface area contributed by atoms with Crippen LogP contribution in [0.1, 0.15) is 119 Å². The second-order valence-corrected chi connectivity index (χ2v) is 19.1. The standard InChI is InChI=1S/C39H60O8/c1-21(16-26-30(42)31(43)29(41)22(2)47-26)19-46-28-9-10-37(7)27(34(28,3)4)8-11-39-20-38(39)15-14-35(5)12-13-36(6,33(44)45)18-24(35)23(38)17-25(40)32(37)39/h17,21-22,24,26-32,41-43H,8-16,18-20H2,1-7H3,(H,44,45)/t21?,22-,24?,26-,27?,28-,29+,30+,31+,32+,35+,36-,37-,38?,39-/m0/s1. The second-order valence-electron chi connectivity index (χ2n) is 19.1. The van der Waals surface area contributed by atoms with E-state index in [1.165, 1.54) is 5.57 Å². The third-order valence-electron chi connectivity index (χ3n) is 16.1. The van der Waals surface area contributed by atoms with Crippen molar-refractivity contribution in [3.63, 3.8) is 0 Å². The Bertz CT molecular complexity index is 1340. The number of hydrogen-bond acceptors (Lipinski definition) is 7. The summed E-state index contributed by atoms with van der Waals surface area (Å²) in [5.41, 5.74) is 0.557. The highest BCUT2D eigenvalue weighted by atomic mass is 16.5. The van der Waals surface area contributed by atoms with E-state index in [2.05, 4.69) is 40.7 Å². The highest BCUT2D eigenvalue weighted by molar-refractivity contribution is 5.97. The summed E-state index contributed by atoms with van der Waals surface area (Å²) in [7, 11) is 0. The molecule has 0 bridgehead atoms. The van der Waals surface area contributed by atoms with E-state index in [0.29, 0.717) is 31.1 Å². The number of carboxylic acids is 1. The van der Waals surface area contributed by atoms with Crippen molar-refractivity contribution in [1.29, 1.82) is 0 Å². The molecule has 6 aliphatic carbocycles. The van der Waals surface area contributed by atoms with Crippen LogP contribution in [0, 0.1) is 56.2 Å². The van der Waals surface area contributed by atoms with Gasteiger partial charge in [-0.05, 0) is 135 Å². The topological polar surface area (TPSA) is 134 Å². The molecule has 2 spiro atoms. The van der Waals surface area contributed by atoms with E-state index in [9.17, 15) is 30.0 Å². The molecule has 8 heteroatoms. The zero-order valence-corrected chi connectivity index (χ0v) is 29.8. The molecule has 0 amide bonds. The first-order chi connectivity index (χ1) is 21.9. The summed E-state index contributed by atoms with van der Waals surface area (Å²) >= 11 is 0. The van der Waals surface area contributed by atoms with E-state index < -0.39 is 41.9 Å². The number of carbonyl (C=O) groups excluding carboxylic acids is 1. The van der Waals surface area contributed by atoms with Crippen LogP contribution in [0.4, 0.5) is 0 Å². The minimum absolute atomic E-state index is 0.0177. The SMILES string of the molecule is CC(CO[C@H]1CC[C@@]2(C)C(CC[C@@]34CC35CC[C@@]3(C)CC[C@](C)(C(=O)O)CC3C5=CC(=O)[C@@H]42)C1(C)C)C[C@@H]1O[C@@H](C)[C@@H](O)[C@@H](O)[C@@H]1O. The molecule has 47 heavy (non-hydrogen) atoms. The molecule has 6 fully saturated rings. The third-order valence-corrected chi connectivity index (χ3v) is 16.1. The van der Waals surface area contributed by atoms with Crippen molar-refractivity contribution in [2.45, 2.75) is 156 Å². The van der Waals surface area contributed by atoms with Gasteiger partial charge in [-0.25, -0.2) is 0 Å². The normalized spacial score (nSPS) is 53.7. The predicted molar refractivity (Wildman–Crippen MR) is 176 cm³/mol. The predicted octanol–water partition coefficient (Wildman–Crippen LogP) is 5.70. The molecule has 264 valence electrons. The van der Waals surface area contributed by atoms with Crippen LogP contribution in [0.3, 0.4) is 0 Å². The summed E-state index contributed by atoms with van der Waals surface area (Å²) in [5, 5.41) is 41.0. The number of aliphatic carboxylic acids is 1. The summed E-state index contributed by atoms with van der Waals surface area (Å²) in [4.78, 5) is 26.9. The Labute approximate surface area is 281 Å². The fraction of sp³-hybridized carbons (Fsp3) is 0.897. The summed E-state index contributed by atoms with van der Waals surface area (Å²) in [5.74, 6) is 0.267. The van der Waals surface area contributed by atoms with Crippen LogP contribution < -0.4 is 0 Å². The molecule has 7 rings (SSSR count). The van der Waals surface area contributed by atoms with Gasteiger partial charge in [-0.2, -0.15) is 0 Å². The maximum absolute atomic E-state index is 14.5. The van der Waals surface area contributed by atoms with Crippen molar-refractivity contribution in [3.8, 4) is 0 Å². The van der Waals surface area contributed by atoms with Gasteiger partial charge in [0.1, 0.15) is 18.3 Å². The zero-order chi connectivity index (χ0) is 34.1. The molecule has 15 atom stereocenters. The van der Waals surface area contributed by atoms with Gasteiger partial charge in [0.25, 0.3) is 0 Å². The lowest BCUT2D eigenvalue weighted by Crippen LogP contribution is -2.61. The van der Waals surface area contributed by atoms with E-state index in [1.807, 2.05) is 6.92 Å². The average molecular weight is 657 g/mol. The van der Waals surface area contributed by atoms with Gasteiger partial charge >= 0.3 is 5.97 Å². The summed E-state index contributed by atoms with van der Waals surface area (Å²) in [6, 6.07) is 0. The second kappa shape index (κ2) is 10.8. The molecule has 4 N–H and O–H groups in total. The fourth-order valence-corrected chi connectivity index (χ4v) is 13.2. The number of ether oxygens (including phenoxy) is 2. The first kappa shape index (κ1) is 34.1. The smallest absolute Gasteiger partial charge is 0.309 e. The number of allylic oxidation sites excluding steroid dienone is 2. The molecule has 1 saturated heterocycles. The Kier molecular flexibility index (Phi) is 7.87. The van der Waals surface area contributed by atoms with Crippen molar-refractivity contribution in [3.05, 3.63) is 11.6 Å². The summed E-state index contributed by atoms with van der Waals surface area (Å²) < 4.78 is 12.6. The Morgan fingerprint density at radius 1 is 0.979 bits per heavy atom. The molecule has 7 aliphatic rings. The Balaban J connectivity index is 1.08. The lowest BCUT2D eigenvalue weighted by Gasteiger charge is -2.64. The monoisotopic (exact) mass is 656 g/mol. The summed E-state index contributed by atoms with van der Waals surface area (Å²) in [6.07, 6.45) is 7.80. The number of aliphatic hydroxyl groups is 3. The summed E-state index contributed by atoms with van der Waals surface area (Å²) in [6.45, 7) is 15.7. The minimum atomic E-state index is -1.22. The van der Waals surface area contributed by atoms with Crippen molar-refractivity contribution in [2.24, 2.45) is 56.2 Å². The molecule has 0 aromatic carbocycles. The van der Waals surface area contributed by atoms with Gasteiger partial charge in [0.2, 0.25) is 0 Å². The van der Waals surface area contributed by atoms with E-state index in [-0.39, 0.29) is 50.9 Å². The Morgan fingerprint density at radius 3 is 2.38 bits per heavy atom. The van der Waals surface area contributed by atoms with E-state index in [1.54, 1.807) is 6.92 Å². The Morgan fingerprint density at radius 2 is 1.68 bits per heavy atom. The molecular weight excluding hydrogens is 596 g/mol.